The largest absolute Gasteiger partial charge is 0.512 e. The second-order valence-corrected chi connectivity index (χ2v) is 2.47. The zero-order chi connectivity index (χ0) is 10.4. The molecule has 0 saturated carbocycles. The molecule has 0 unspecified atom stereocenters. The van der Waals surface area contributed by atoms with Crippen LogP contribution in [0, 0.1) is 17.8 Å². The highest BCUT2D eigenvalue weighted by molar-refractivity contribution is 6.19. The lowest BCUT2D eigenvalue weighted by molar-refractivity contribution is -0.116. The Hall–Kier alpha value is -1.76. The van der Waals surface area contributed by atoms with Crippen LogP contribution in [0.2, 0.25) is 0 Å². The summed E-state index contributed by atoms with van der Waals surface area (Å²) >= 11 is 0. The summed E-state index contributed by atoms with van der Waals surface area (Å²) in [6.07, 6.45) is 4.93. The van der Waals surface area contributed by atoms with E-state index >= 15 is 0 Å². The zero-order valence-electron chi connectivity index (χ0n) is 7.64. The second-order valence-electron chi connectivity index (χ2n) is 2.47. The van der Waals surface area contributed by atoms with Crippen LogP contribution in [0.4, 0.5) is 0 Å². The van der Waals surface area contributed by atoms with Crippen molar-refractivity contribution in [2.45, 2.75) is 13.8 Å². The minimum atomic E-state index is -0.523. The average Bonchev–Trinajstić information content (AvgIpc) is 1.99. The minimum Gasteiger partial charge on any atom is -0.512 e. The van der Waals surface area contributed by atoms with Gasteiger partial charge in [-0.2, -0.15) is 0 Å². The van der Waals surface area contributed by atoms with E-state index in [1.807, 2.05) is 0 Å². The predicted octanol–water partition coefficient (Wildman–Crippen LogP) is 0.607. The lowest BCUT2D eigenvalue weighted by atomic mass is 10.1. The molecule has 0 aromatic heterocycles. The maximum atomic E-state index is 11.2. The summed E-state index contributed by atoms with van der Waals surface area (Å²) in [4.78, 5) is 11.2. The highest BCUT2D eigenvalue weighted by Gasteiger charge is 2.13. The molecule has 0 atom stereocenters. The molecule has 70 valence electrons. The molecule has 1 amide bonds. The van der Waals surface area contributed by atoms with E-state index in [1.165, 1.54) is 13.8 Å². The highest BCUT2D eigenvalue weighted by atomic mass is 16.3. The van der Waals surface area contributed by atoms with Crippen molar-refractivity contribution in [3.63, 3.8) is 0 Å². The number of hydrogen-bond acceptors (Lipinski definition) is 3. The molecule has 0 rings (SSSR count). The number of terminal acetylenes is 1. The van der Waals surface area contributed by atoms with Crippen molar-refractivity contribution >= 4 is 11.6 Å². The summed E-state index contributed by atoms with van der Waals surface area (Å²) < 4.78 is 0. The Labute approximate surface area is 77.2 Å². The van der Waals surface area contributed by atoms with E-state index < -0.39 is 5.91 Å². The maximum absolute atomic E-state index is 11.2. The van der Waals surface area contributed by atoms with Crippen LogP contribution >= 0.6 is 0 Å². The number of rotatable bonds is 3. The van der Waals surface area contributed by atoms with Gasteiger partial charge in [0, 0.05) is 5.71 Å². The van der Waals surface area contributed by atoms with Crippen molar-refractivity contribution in [1.29, 1.82) is 5.41 Å². The molecular formula is C9H12N2O2. The zero-order valence-corrected chi connectivity index (χ0v) is 7.64. The molecule has 0 aliphatic carbocycles. The standard InChI is InChI=1S/C9H12N2O2/c1-4-5-11-9(13)8(6(2)10)7(3)12/h1,10,12H,5H2,2-3H3,(H,11,13). The third kappa shape index (κ3) is 3.43. The maximum Gasteiger partial charge on any atom is 0.257 e. The van der Waals surface area contributed by atoms with Crippen LogP contribution in [0.3, 0.4) is 0 Å². The normalized spacial score (nSPS) is 11.2. The van der Waals surface area contributed by atoms with Crippen LogP contribution in [0.1, 0.15) is 13.8 Å². The molecule has 0 aliphatic heterocycles. The van der Waals surface area contributed by atoms with E-state index in [9.17, 15) is 4.79 Å². The van der Waals surface area contributed by atoms with Gasteiger partial charge in [0.05, 0.1) is 12.1 Å². The summed E-state index contributed by atoms with van der Waals surface area (Å²) in [5.74, 6) is 1.52. The Morgan fingerprint density at radius 2 is 2.15 bits per heavy atom. The first-order valence-corrected chi connectivity index (χ1v) is 3.67. The fourth-order valence-corrected chi connectivity index (χ4v) is 0.826. The smallest absolute Gasteiger partial charge is 0.257 e. The fraction of sp³-hybridized carbons (Fsp3) is 0.333. The first-order chi connectivity index (χ1) is 6.00. The number of hydrogen-bond donors (Lipinski definition) is 3. The highest BCUT2D eigenvalue weighted by Crippen LogP contribution is 2.02. The van der Waals surface area contributed by atoms with Crippen molar-refractivity contribution in [2.24, 2.45) is 0 Å². The van der Waals surface area contributed by atoms with Crippen LogP contribution in [0.15, 0.2) is 11.3 Å². The Morgan fingerprint density at radius 1 is 1.62 bits per heavy atom. The molecule has 0 radical (unpaired) electrons. The lowest BCUT2D eigenvalue weighted by Gasteiger charge is -2.05. The lowest BCUT2D eigenvalue weighted by Crippen LogP contribution is -2.28. The fourth-order valence-electron chi connectivity index (χ4n) is 0.826. The molecule has 13 heavy (non-hydrogen) atoms. The van der Waals surface area contributed by atoms with E-state index in [2.05, 4.69) is 11.2 Å². The van der Waals surface area contributed by atoms with Gasteiger partial charge in [0.15, 0.2) is 0 Å². The quantitative estimate of drug-likeness (QED) is 0.257. The van der Waals surface area contributed by atoms with E-state index in [0.717, 1.165) is 0 Å². The third-order valence-electron chi connectivity index (χ3n) is 1.31. The Balaban J connectivity index is 4.62. The molecule has 0 heterocycles. The summed E-state index contributed by atoms with van der Waals surface area (Å²) in [5.41, 5.74) is -0.0234. The van der Waals surface area contributed by atoms with Gasteiger partial charge in [0.2, 0.25) is 0 Å². The molecule has 0 aliphatic rings. The van der Waals surface area contributed by atoms with Gasteiger partial charge in [-0.25, -0.2) is 0 Å². The summed E-state index contributed by atoms with van der Waals surface area (Å²) in [6, 6.07) is 0. The first kappa shape index (κ1) is 11.2. The number of allylic oxidation sites excluding steroid dienone is 1. The van der Waals surface area contributed by atoms with Gasteiger partial charge in [0.25, 0.3) is 5.91 Å². The van der Waals surface area contributed by atoms with Gasteiger partial charge in [0.1, 0.15) is 5.76 Å². The molecule has 0 bridgehead atoms. The minimum absolute atomic E-state index is 0.00882. The van der Waals surface area contributed by atoms with Crippen LogP contribution in [0.25, 0.3) is 0 Å². The van der Waals surface area contributed by atoms with Crippen molar-refractivity contribution in [1.82, 2.24) is 5.32 Å². The molecule has 4 heteroatoms. The number of aliphatic hydroxyl groups is 1. The first-order valence-electron chi connectivity index (χ1n) is 3.67. The van der Waals surface area contributed by atoms with E-state index in [0.29, 0.717) is 0 Å². The van der Waals surface area contributed by atoms with E-state index in [1.54, 1.807) is 0 Å². The number of nitrogens with one attached hydrogen (secondary N) is 2. The summed E-state index contributed by atoms with van der Waals surface area (Å²) in [6.45, 7) is 2.86. The van der Waals surface area contributed by atoms with E-state index in [4.69, 9.17) is 16.9 Å². The second kappa shape index (κ2) is 4.99. The van der Waals surface area contributed by atoms with Gasteiger partial charge >= 0.3 is 0 Å². The SMILES string of the molecule is C#CCNC(=O)C(C(C)=N)=C(C)O. The number of amides is 1. The Kier molecular flexibility index (Phi) is 4.31. The molecule has 0 fully saturated rings. The van der Waals surface area contributed by atoms with Crippen molar-refractivity contribution in [3.8, 4) is 12.3 Å². The van der Waals surface area contributed by atoms with E-state index in [-0.39, 0.29) is 23.6 Å². The van der Waals surface area contributed by atoms with Crippen molar-refractivity contribution in [2.75, 3.05) is 6.54 Å². The molecular weight excluding hydrogens is 168 g/mol. The van der Waals surface area contributed by atoms with Gasteiger partial charge < -0.3 is 15.8 Å². The predicted molar refractivity (Wildman–Crippen MR) is 50.6 cm³/mol. The molecule has 0 aromatic rings. The van der Waals surface area contributed by atoms with Crippen molar-refractivity contribution < 1.29 is 9.90 Å². The molecule has 4 nitrogen and oxygen atoms in total. The van der Waals surface area contributed by atoms with Gasteiger partial charge in [-0.3, -0.25) is 4.79 Å². The monoisotopic (exact) mass is 180 g/mol. The number of aliphatic hydroxyl groups excluding tert-OH is 1. The molecule has 0 spiro atoms. The van der Waals surface area contributed by atoms with Gasteiger partial charge in [-0.1, -0.05) is 5.92 Å². The topological polar surface area (TPSA) is 73.2 Å². The summed E-state index contributed by atoms with van der Waals surface area (Å²) in [5, 5.41) is 18.7. The molecule has 0 saturated heterocycles. The van der Waals surface area contributed by atoms with Crippen LogP contribution in [-0.2, 0) is 4.79 Å². The third-order valence-corrected chi connectivity index (χ3v) is 1.31. The number of carbonyl (C=O) groups is 1. The van der Waals surface area contributed by atoms with Gasteiger partial charge in [-0.05, 0) is 13.8 Å². The summed E-state index contributed by atoms with van der Waals surface area (Å²) in [7, 11) is 0. The van der Waals surface area contributed by atoms with Gasteiger partial charge in [-0.15, -0.1) is 6.42 Å². The van der Waals surface area contributed by atoms with Crippen LogP contribution in [0.5, 0.6) is 0 Å². The van der Waals surface area contributed by atoms with Crippen molar-refractivity contribution in [3.05, 3.63) is 11.3 Å². The Bertz CT molecular complexity index is 293. The van der Waals surface area contributed by atoms with Crippen LogP contribution < -0.4 is 5.32 Å². The Morgan fingerprint density at radius 3 is 2.46 bits per heavy atom. The molecule has 3 N–H and O–H groups in total. The average molecular weight is 180 g/mol. The number of carbonyl (C=O) groups excluding carboxylic acids is 1. The molecule has 0 aromatic carbocycles. The van der Waals surface area contributed by atoms with Crippen LogP contribution in [-0.4, -0.2) is 23.3 Å².